The van der Waals surface area contributed by atoms with Gasteiger partial charge in [-0.1, -0.05) is 18.2 Å². The topological polar surface area (TPSA) is 18.5 Å². The van der Waals surface area contributed by atoms with E-state index in [1.54, 1.807) is 6.08 Å². The lowest BCUT2D eigenvalue weighted by Crippen LogP contribution is -2.19. The van der Waals surface area contributed by atoms with E-state index < -0.39 is 0 Å². The Morgan fingerprint density at radius 1 is 1.31 bits per heavy atom. The molecule has 2 atom stereocenters. The van der Waals surface area contributed by atoms with E-state index in [9.17, 15) is 0 Å². The average Bonchev–Trinajstić information content (AvgIpc) is 2.12. The van der Waals surface area contributed by atoms with Gasteiger partial charge < -0.3 is 9.47 Å². The van der Waals surface area contributed by atoms with Crippen LogP contribution in [-0.2, 0) is 9.47 Å². The summed E-state index contributed by atoms with van der Waals surface area (Å²) in [5.74, 6) is 0. The minimum Gasteiger partial charge on any atom is -0.372 e. The van der Waals surface area contributed by atoms with Crippen molar-refractivity contribution in [2.75, 3.05) is 13.2 Å². The minimum atomic E-state index is 0.130. The molecule has 2 nitrogen and oxygen atoms in total. The molecular weight excluding hydrogens is 164 g/mol. The van der Waals surface area contributed by atoms with Crippen molar-refractivity contribution in [2.45, 2.75) is 33.0 Å². The van der Waals surface area contributed by atoms with Crippen LogP contribution in [0.15, 0.2) is 24.8 Å². The van der Waals surface area contributed by atoms with Crippen molar-refractivity contribution in [3.8, 4) is 0 Å². The van der Waals surface area contributed by atoms with Crippen LogP contribution in [0.5, 0.6) is 0 Å². The van der Waals surface area contributed by atoms with Gasteiger partial charge >= 0.3 is 0 Å². The Kier molecular flexibility index (Phi) is 7.65. The summed E-state index contributed by atoms with van der Waals surface area (Å²) in [7, 11) is 0. The summed E-state index contributed by atoms with van der Waals surface area (Å²) < 4.78 is 10.8. The summed E-state index contributed by atoms with van der Waals surface area (Å²) in [5.41, 5.74) is 0. The lowest BCUT2D eigenvalue weighted by Gasteiger charge is -2.14. The van der Waals surface area contributed by atoms with Gasteiger partial charge in [-0.05, 0) is 20.8 Å². The molecule has 0 aliphatic heterocycles. The molecule has 0 bridgehead atoms. The standard InChI is InChI=1S/C11H20O2/c1-5-7-10(3)13-9-11(4)12-8-6-2/h5-7,10-11H,2,8-9H2,1,3-4H3/b7-5+. The highest BCUT2D eigenvalue weighted by molar-refractivity contribution is 4.83. The van der Waals surface area contributed by atoms with Gasteiger partial charge in [-0.15, -0.1) is 6.58 Å². The van der Waals surface area contributed by atoms with Crippen LogP contribution in [0, 0.1) is 0 Å². The largest absolute Gasteiger partial charge is 0.372 e. The predicted octanol–water partition coefficient (Wildman–Crippen LogP) is 2.56. The second-order valence-electron chi connectivity index (χ2n) is 3.00. The number of ether oxygens (including phenoxy) is 2. The molecule has 0 saturated heterocycles. The van der Waals surface area contributed by atoms with Gasteiger partial charge in [-0.3, -0.25) is 0 Å². The fourth-order valence-corrected chi connectivity index (χ4v) is 0.894. The fraction of sp³-hybridized carbons (Fsp3) is 0.636. The van der Waals surface area contributed by atoms with Gasteiger partial charge in [0, 0.05) is 0 Å². The van der Waals surface area contributed by atoms with Crippen molar-refractivity contribution >= 4 is 0 Å². The van der Waals surface area contributed by atoms with E-state index in [2.05, 4.69) is 6.58 Å². The number of allylic oxidation sites excluding steroid dienone is 1. The van der Waals surface area contributed by atoms with Gasteiger partial charge in [0.25, 0.3) is 0 Å². The molecular formula is C11H20O2. The smallest absolute Gasteiger partial charge is 0.0785 e. The van der Waals surface area contributed by atoms with Crippen LogP contribution in [0.4, 0.5) is 0 Å². The molecule has 0 amide bonds. The van der Waals surface area contributed by atoms with Crippen LogP contribution >= 0.6 is 0 Å². The number of hydrogen-bond acceptors (Lipinski definition) is 2. The maximum absolute atomic E-state index is 5.50. The lowest BCUT2D eigenvalue weighted by atomic mass is 10.3. The SMILES string of the molecule is C=CCOC(C)COC(C)/C=C/C. The lowest BCUT2D eigenvalue weighted by molar-refractivity contribution is -0.00992. The molecule has 0 aromatic rings. The van der Waals surface area contributed by atoms with Crippen molar-refractivity contribution < 1.29 is 9.47 Å². The third-order valence-corrected chi connectivity index (χ3v) is 1.56. The normalized spacial score (nSPS) is 15.9. The number of hydrogen-bond donors (Lipinski definition) is 0. The Morgan fingerprint density at radius 2 is 2.00 bits per heavy atom. The van der Waals surface area contributed by atoms with Crippen LogP contribution in [0.2, 0.25) is 0 Å². The first kappa shape index (κ1) is 12.4. The minimum absolute atomic E-state index is 0.130. The third kappa shape index (κ3) is 7.75. The molecule has 0 radical (unpaired) electrons. The number of rotatable bonds is 7. The van der Waals surface area contributed by atoms with Crippen LogP contribution in [-0.4, -0.2) is 25.4 Å². The highest BCUT2D eigenvalue weighted by Crippen LogP contribution is 1.97. The van der Waals surface area contributed by atoms with E-state index in [4.69, 9.17) is 9.47 Å². The molecule has 0 heterocycles. The molecule has 0 aromatic heterocycles. The first-order chi connectivity index (χ1) is 6.20. The molecule has 13 heavy (non-hydrogen) atoms. The van der Waals surface area contributed by atoms with Crippen LogP contribution < -0.4 is 0 Å². The molecule has 2 unspecified atom stereocenters. The first-order valence-electron chi connectivity index (χ1n) is 4.67. The summed E-state index contributed by atoms with van der Waals surface area (Å²) in [6, 6.07) is 0. The molecule has 0 spiro atoms. The molecule has 0 rings (SSSR count). The van der Waals surface area contributed by atoms with E-state index in [1.165, 1.54) is 0 Å². The molecule has 0 aliphatic rings. The summed E-state index contributed by atoms with van der Waals surface area (Å²) in [6.45, 7) is 10.8. The molecule has 76 valence electrons. The highest BCUT2D eigenvalue weighted by atomic mass is 16.5. The summed E-state index contributed by atoms with van der Waals surface area (Å²) >= 11 is 0. The molecule has 0 fully saturated rings. The zero-order valence-electron chi connectivity index (χ0n) is 8.82. The van der Waals surface area contributed by atoms with E-state index in [0.717, 1.165) is 0 Å². The van der Waals surface area contributed by atoms with E-state index in [-0.39, 0.29) is 12.2 Å². The maximum atomic E-state index is 5.50. The van der Waals surface area contributed by atoms with Crippen LogP contribution in [0.3, 0.4) is 0 Å². The fourth-order valence-electron chi connectivity index (χ4n) is 0.894. The first-order valence-corrected chi connectivity index (χ1v) is 4.67. The zero-order valence-corrected chi connectivity index (χ0v) is 8.82. The third-order valence-electron chi connectivity index (χ3n) is 1.56. The van der Waals surface area contributed by atoms with E-state index in [1.807, 2.05) is 32.9 Å². The summed E-state index contributed by atoms with van der Waals surface area (Å²) in [6.07, 6.45) is 6.04. The second-order valence-corrected chi connectivity index (χ2v) is 3.00. The van der Waals surface area contributed by atoms with Crippen LogP contribution in [0.25, 0.3) is 0 Å². The van der Waals surface area contributed by atoms with Gasteiger partial charge in [0.05, 0.1) is 25.4 Å². The van der Waals surface area contributed by atoms with Crippen molar-refractivity contribution in [1.29, 1.82) is 0 Å². The van der Waals surface area contributed by atoms with Gasteiger partial charge in [0.2, 0.25) is 0 Å². The Balaban J connectivity index is 3.44. The summed E-state index contributed by atoms with van der Waals surface area (Å²) in [4.78, 5) is 0. The zero-order chi connectivity index (χ0) is 10.1. The molecule has 2 heteroatoms. The van der Waals surface area contributed by atoms with Crippen molar-refractivity contribution in [3.05, 3.63) is 24.8 Å². The van der Waals surface area contributed by atoms with E-state index in [0.29, 0.717) is 13.2 Å². The quantitative estimate of drug-likeness (QED) is 0.566. The molecule has 0 N–H and O–H groups in total. The van der Waals surface area contributed by atoms with Crippen molar-refractivity contribution in [1.82, 2.24) is 0 Å². The molecule has 0 saturated carbocycles. The maximum Gasteiger partial charge on any atom is 0.0785 e. The predicted molar refractivity (Wildman–Crippen MR) is 55.8 cm³/mol. The Labute approximate surface area is 81.2 Å². The Morgan fingerprint density at radius 3 is 2.54 bits per heavy atom. The monoisotopic (exact) mass is 184 g/mol. The second kappa shape index (κ2) is 8.02. The Hall–Kier alpha value is -0.600. The van der Waals surface area contributed by atoms with Gasteiger partial charge in [0.15, 0.2) is 0 Å². The van der Waals surface area contributed by atoms with Gasteiger partial charge in [0.1, 0.15) is 0 Å². The molecule has 0 aromatic carbocycles. The van der Waals surface area contributed by atoms with Crippen molar-refractivity contribution in [2.24, 2.45) is 0 Å². The van der Waals surface area contributed by atoms with E-state index >= 15 is 0 Å². The van der Waals surface area contributed by atoms with Gasteiger partial charge in [-0.2, -0.15) is 0 Å². The van der Waals surface area contributed by atoms with Gasteiger partial charge in [-0.25, -0.2) is 0 Å². The average molecular weight is 184 g/mol. The van der Waals surface area contributed by atoms with Crippen molar-refractivity contribution in [3.63, 3.8) is 0 Å². The summed E-state index contributed by atoms with van der Waals surface area (Å²) in [5, 5.41) is 0. The highest BCUT2D eigenvalue weighted by Gasteiger charge is 2.03. The molecule has 0 aliphatic carbocycles. The van der Waals surface area contributed by atoms with Crippen LogP contribution in [0.1, 0.15) is 20.8 Å². The Bertz CT molecular complexity index is 152.